The summed E-state index contributed by atoms with van der Waals surface area (Å²) in [7, 11) is 0. The molecule has 3 rings (SSSR count). The summed E-state index contributed by atoms with van der Waals surface area (Å²) >= 11 is 2.90. The van der Waals surface area contributed by atoms with E-state index in [4.69, 9.17) is 4.74 Å². The highest BCUT2D eigenvalue weighted by Crippen LogP contribution is 2.30. The van der Waals surface area contributed by atoms with Crippen LogP contribution in [0.3, 0.4) is 0 Å². The van der Waals surface area contributed by atoms with E-state index in [0.29, 0.717) is 6.54 Å². The fourth-order valence-corrected chi connectivity index (χ4v) is 4.64. The first kappa shape index (κ1) is 17.8. The molecule has 2 atom stereocenters. The van der Waals surface area contributed by atoms with Crippen LogP contribution in [0, 0.1) is 0 Å². The third-order valence-electron chi connectivity index (χ3n) is 3.87. The van der Waals surface area contributed by atoms with Gasteiger partial charge in [-0.25, -0.2) is 9.78 Å². The predicted octanol–water partition coefficient (Wildman–Crippen LogP) is 3.45. The van der Waals surface area contributed by atoms with Crippen molar-refractivity contribution in [1.29, 1.82) is 0 Å². The summed E-state index contributed by atoms with van der Waals surface area (Å²) in [6.45, 7) is 5.79. The number of hydrogen-bond acceptors (Lipinski definition) is 6. The molecule has 2 aromatic heterocycles. The summed E-state index contributed by atoms with van der Waals surface area (Å²) in [6.07, 6.45) is 9.46. The predicted molar refractivity (Wildman–Crippen MR) is 101 cm³/mol. The second-order valence-corrected chi connectivity index (χ2v) is 8.04. The number of carbonyl (C=O) groups excluding carboxylic acids is 2. The van der Waals surface area contributed by atoms with Crippen molar-refractivity contribution >= 4 is 45.2 Å². The Labute approximate surface area is 154 Å². The number of rotatable bonds is 5. The van der Waals surface area contributed by atoms with Gasteiger partial charge >= 0.3 is 6.09 Å². The molecule has 1 fully saturated rings. The number of thioether (sulfide) groups is 1. The molecule has 6 nitrogen and oxygen atoms in total. The Hall–Kier alpha value is -2.06. The molecule has 0 aliphatic carbocycles. The van der Waals surface area contributed by atoms with Gasteiger partial charge in [-0.15, -0.1) is 11.3 Å². The van der Waals surface area contributed by atoms with E-state index in [9.17, 15) is 9.59 Å². The van der Waals surface area contributed by atoms with Gasteiger partial charge in [0.2, 0.25) is 0 Å². The van der Waals surface area contributed by atoms with Crippen molar-refractivity contribution in [2.24, 2.45) is 0 Å². The number of imidazole rings is 1. The summed E-state index contributed by atoms with van der Waals surface area (Å²) in [6, 6.07) is -0.104. The fraction of sp³-hybridized carbons (Fsp3) is 0.353. The smallest absolute Gasteiger partial charge is 0.410 e. The van der Waals surface area contributed by atoms with Crippen LogP contribution >= 0.6 is 23.1 Å². The van der Waals surface area contributed by atoms with Crippen LogP contribution in [0.15, 0.2) is 36.6 Å². The lowest BCUT2D eigenvalue weighted by Crippen LogP contribution is -2.35. The monoisotopic (exact) mass is 377 g/mol. The van der Waals surface area contributed by atoms with E-state index in [1.165, 1.54) is 11.8 Å². The lowest BCUT2D eigenvalue weighted by molar-refractivity contribution is -0.109. The van der Waals surface area contributed by atoms with Crippen molar-refractivity contribution in [1.82, 2.24) is 14.3 Å². The number of likely N-dealkylation sites (tertiary alicyclic amines) is 1. The SMILES string of the molecule is C=CCOC(=O)N1CC(SC(C)=O)CC1C=Cc1csc2cncn12. The molecular formula is C17H19N3O3S2. The van der Waals surface area contributed by atoms with Crippen LogP contribution in [0.25, 0.3) is 10.9 Å². The Morgan fingerprint density at radius 2 is 2.40 bits per heavy atom. The van der Waals surface area contributed by atoms with Crippen LogP contribution in [0.1, 0.15) is 19.0 Å². The van der Waals surface area contributed by atoms with E-state index in [1.807, 2.05) is 28.1 Å². The molecule has 0 radical (unpaired) electrons. The Morgan fingerprint density at radius 3 is 3.16 bits per heavy atom. The maximum Gasteiger partial charge on any atom is 0.410 e. The van der Waals surface area contributed by atoms with Gasteiger partial charge in [0.1, 0.15) is 17.8 Å². The third kappa shape index (κ3) is 4.13. The quantitative estimate of drug-likeness (QED) is 0.747. The number of amides is 1. The van der Waals surface area contributed by atoms with Crippen molar-refractivity contribution in [2.45, 2.75) is 24.6 Å². The molecule has 0 N–H and O–H groups in total. The Morgan fingerprint density at radius 1 is 1.56 bits per heavy atom. The summed E-state index contributed by atoms with van der Waals surface area (Å²) in [5.41, 5.74) is 1.01. The number of thiazole rings is 1. The number of nitrogens with zero attached hydrogens (tertiary/aromatic N) is 3. The average molecular weight is 377 g/mol. The zero-order valence-electron chi connectivity index (χ0n) is 13.8. The van der Waals surface area contributed by atoms with Crippen molar-refractivity contribution in [3.05, 3.63) is 42.3 Å². The topological polar surface area (TPSA) is 63.9 Å². The van der Waals surface area contributed by atoms with Gasteiger partial charge in [-0.1, -0.05) is 30.5 Å². The number of hydrogen-bond donors (Lipinski definition) is 0. The molecule has 1 aliphatic rings. The molecule has 1 saturated heterocycles. The molecule has 2 unspecified atom stereocenters. The van der Waals surface area contributed by atoms with Crippen LogP contribution in [0.5, 0.6) is 0 Å². The molecule has 0 spiro atoms. The molecule has 2 aromatic rings. The maximum absolute atomic E-state index is 12.3. The van der Waals surface area contributed by atoms with E-state index in [2.05, 4.69) is 11.6 Å². The highest BCUT2D eigenvalue weighted by atomic mass is 32.2. The van der Waals surface area contributed by atoms with Gasteiger partial charge in [0.15, 0.2) is 5.12 Å². The van der Waals surface area contributed by atoms with E-state index < -0.39 is 0 Å². The Balaban J connectivity index is 1.76. The first-order chi connectivity index (χ1) is 12.1. The van der Waals surface area contributed by atoms with E-state index in [0.717, 1.165) is 16.9 Å². The molecule has 132 valence electrons. The van der Waals surface area contributed by atoms with Gasteiger partial charge < -0.3 is 9.64 Å². The molecule has 0 saturated carbocycles. The Kier molecular flexibility index (Phi) is 5.60. The molecule has 25 heavy (non-hydrogen) atoms. The van der Waals surface area contributed by atoms with E-state index in [1.54, 1.807) is 35.6 Å². The van der Waals surface area contributed by atoms with Gasteiger partial charge in [-0.2, -0.15) is 0 Å². The molecule has 0 aromatic carbocycles. The first-order valence-corrected chi connectivity index (χ1v) is 9.63. The summed E-state index contributed by atoms with van der Waals surface area (Å²) < 4.78 is 7.18. The minimum absolute atomic E-state index is 0.0620. The second kappa shape index (κ2) is 7.88. The highest BCUT2D eigenvalue weighted by molar-refractivity contribution is 8.14. The van der Waals surface area contributed by atoms with Gasteiger partial charge in [0.05, 0.1) is 17.9 Å². The first-order valence-electron chi connectivity index (χ1n) is 7.87. The van der Waals surface area contributed by atoms with Gasteiger partial charge in [-0.3, -0.25) is 9.20 Å². The standard InChI is InChI=1S/C17H19N3O3S2/c1-3-6-23-17(22)19-9-15(25-12(2)21)7-13(19)4-5-14-10-24-16-8-18-11-20(14)16/h3-5,8,10-11,13,15H,1,6-7,9H2,2H3. The average Bonchev–Trinajstić information content (AvgIpc) is 3.26. The number of ether oxygens (including phenoxy) is 1. The van der Waals surface area contributed by atoms with Crippen LogP contribution in [-0.4, -0.2) is 49.9 Å². The Bertz CT molecular complexity index is 811. The van der Waals surface area contributed by atoms with Crippen LogP contribution in [-0.2, 0) is 9.53 Å². The van der Waals surface area contributed by atoms with Crippen LogP contribution in [0.4, 0.5) is 4.79 Å². The molecule has 8 heteroatoms. The minimum atomic E-state index is -0.376. The number of aromatic nitrogens is 2. The van der Waals surface area contributed by atoms with Crippen molar-refractivity contribution in [3.8, 4) is 0 Å². The zero-order chi connectivity index (χ0) is 17.8. The minimum Gasteiger partial charge on any atom is -0.445 e. The normalized spacial score (nSPS) is 20.4. The summed E-state index contributed by atoms with van der Waals surface area (Å²) in [5, 5.41) is 2.19. The van der Waals surface area contributed by atoms with Gasteiger partial charge in [-0.05, 0) is 12.5 Å². The molecular weight excluding hydrogens is 358 g/mol. The summed E-state index contributed by atoms with van der Waals surface area (Å²) in [5.74, 6) is 0. The molecule has 0 bridgehead atoms. The fourth-order valence-electron chi connectivity index (χ4n) is 2.82. The zero-order valence-corrected chi connectivity index (χ0v) is 15.5. The molecule has 1 aliphatic heterocycles. The number of fused-ring (bicyclic) bond motifs is 1. The third-order valence-corrected chi connectivity index (χ3v) is 5.78. The second-order valence-electron chi connectivity index (χ2n) is 5.67. The maximum atomic E-state index is 12.3. The largest absolute Gasteiger partial charge is 0.445 e. The van der Waals surface area contributed by atoms with E-state index >= 15 is 0 Å². The summed E-state index contributed by atoms with van der Waals surface area (Å²) in [4.78, 5) is 30.6. The van der Waals surface area contributed by atoms with Crippen molar-refractivity contribution < 1.29 is 14.3 Å². The lowest BCUT2D eigenvalue weighted by Gasteiger charge is -2.21. The molecule has 1 amide bonds. The van der Waals surface area contributed by atoms with Crippen LogP contribution in [0.2, 0.25) is 0 Å². The number of carbonyl (C=O) groups is 2. The van der Waals surface area contributed by atoms with Crippen molar-refractivity contribution in [2.75, 3.05) is 13.2 Å². The van der Waals surface area contributed by atoms with Crippen LogP contribution < -0.4 is 0 Å². The van der Waals surface area contributed by atoms with Crippen molar-refractivity contribution in [3.63, 3.8) is 0 Å². The lowest BCUT2D eigenvalue weighted by atomic mass is 10.2. The van der Waals surface area contributed by atoms with E-state index in [-0.39, 0.29) is 29.1 Å². The molecule has 3 heterocycles. The van der Waals surface area contributed by atoms with Gasteiger partial charge in [0, 0.05) is 24.1 Å². The van der Waals surface area contributed by atoms with Gasteiger partial charge in [0.25, 0.3) is 0 Å². The highest BCUT2D eigenvalue weighted by Gasteiger charge is 2.35.